The number of ketones is 1. The average molecular weight is 460 g/mol. The Kier molecular flexibility index (Phi) is 3.44. The number of carbonyl (C=O) groups is 1. The van der Waals surface area contributed by atoms with Gasteiger partial charge in [-0.05, 0) is 93.4 Å². The molecule has 0 aromatic heterocycles. The molecule has 0 N–H and O–H groups in total. The van der Waals surface area contributed by atoms with Crippen LogP contribution in [0.4, 0.5) is 0 Å². The largest absolute Gasteiger partial charge is 0.289 e. The highest BCUT2D eigenvalue weighted by Gasteiger charge is 2.21. The van der Waals surface area contributed by atoms with Crippen LogP contribution < -0.4 is 0 Å². The van der Waals surface area contributed by atoms with Crippen LogP contribution in [-0.2, 0) is 12.8 Å². The van der Waals surface area contributed by atoms with Gasteiger partial charge in [-0.25, -0.2) is 0 Å². The molecule has 90 valence electrons. The highest BCUT2D eigenvalue weighted by atomic mass is 127. The zero-order chi connectivity index (χ0) is 12.7. The summed E-state index contributed by atoms with van der Waals surface area (Å²) in [7, 11) is 0. The fraction of sp³-hybridized carbons (Fsp3) is 0.133. The monoisotopic (exact) mass is 460 g/mol. The number of rotatable bonds is 0. The molecule has 0 radical (unpaired) electrons. The van der Waals surface area contributed by atoms with Gasteiger partial charge in [-0.3, -0.25) is 4.79 Å². The van der Waals surface area contributed by atoms with Crippen LogP contribution in [0.3, 0.4) is 0 Å². The van der Waals surface area contributed by atoms with Gasteiger partial charge in [0.05, 0.1) is 0 Å². The summed E-state index contributed by atoms with van der Waals surface area (Å²) in [4.78, 5) is 12.6. The number of fused-ring (bicyclic) bond motifs is 2. The lowest BCUT2D eigenvalue weighted by Gasteiger charge is -2.06. The zero-order valence-corrected chi connectivity index (χ0v) is 13.9. The molecule has 0 heterocycles. The van der Waals surface area contributed by atoms with Gasteiger partial charge in [-0.2, -0.15) is 0 Å². The Morgan fingerprint density at radius 1 is 0.778 bits per heavy atom. The topological polar surface area (TPSA) is 17.1 Å². The molecule has 2 aromatic rings. The van der Waals surface area contributed by atoms with E-state index in [1.165, 1.54) is 11.1 Å². The van der Waals surface area contributed by atoms with Crippen molar-refractivity contribution in [3.8, 4) is 0 Å². The summed E-state index contributed by atoms with van der Waals surface area (Å²) >= 11 is 4.52. The normalized spacial score (nSPS) is 13.8. The Morgan fingerprint density at radius 3 is 1.67 bits per heavy atom. The number of carbonyl (C=O) groups excluding carboxylic acids is 1. The van der Waals surface area contributed by atoms with E-state index in [-0.39, 0.29) is 5.78 Å². The van der Waals surface area contributed by atoms with Gasteiger partial charge in [0.2, 0.25) is 0 Å². The minimum absolute atomic E-state index is 0.175. The second-order valence-corrected chi connectivity index (χ2v) is 6.92. The molecule has 18 heavy (non-hydrogen) atoms. The van der Waals surface area contributed by atoms with E-state index in [4.69, 9.17) is 0 Å². The summed E-state index contributed by atoms with van der Waals surface area (Å²) in [5, 5.41) is 0. The lowest BCUT2D eigenvalue weighted by atomic mass is 9.99. The number of hydrogen-bond donors (Lipinski definition) is 0. The molecular formula is C15H10I2O. The molecule has 0 amide bonds. The maximum absolute atomic E-state index is 12.6. The molecule has 0 fully saturated rings. The lowest BCUT2D eigenvalue weighted by Crippen LogP contribution is -2.05. The summed E-state index contributed by atoms with van der Waals surface area (Å²) in [6.45, 7) is 0. The Hall–Kier alpha value is -0.430. The molecule has 0 spiro atoms. The molecule has 2 aromatic carbocycles. The third-order valence-corrected chi connectivity index (χ3v) is 4.64. The Morgan fingerprint density at radius 2 is 1.22 bits per heavy atom. The quantitative estimate of drug-likeness (QED) is 0.539. The van der Waals surface area contributed by atoms with Crippen LogP contribution in [0.1, 0.15) is 27.0 Å². The predicted molar refractivity (Wildman–Crippen MR) is 89.2 cm³/mol. The van der Waals surface area contributed by atoms with Gasteiger partial charge >= 0.3 is 0 Å². The second-order valence-electron chi connectivity index (χ2n) is 4.43. The molecule has 1 nitrogen and oxygen atoms in total. The molecule has 0 saturated heterocycles. The summed E-state index contributed by atoms with van der Waals surface area (Å²) in [5.74, 6) is 0.175. The van der Waals surface area contributed by atoms with Gasteiger partial charge in [-0.1, -0.05) is 12.1 Å². The maximum atomic E-state index is 12.6. The van der Waals surface area contributed by atoms with Gasteiger partial charge in [0.15, 0.2) is 5.78 Å². The van der Waals surface area contributed by atoms with Crippen molar-refractivity contribution in [2.45, 2.75) is 12.8 Å². The van der Waals surface area contributed by atoms with Gasteiger partial charge in [0.25, 0.3) is 0 Å². The average Bonchev–Trinajstić information content (AvgIpc) is 2.49. The van der Waals surface area contributed by atoms with Crippen LogP contribution in [0.5, 0.6) is 0 Å². The lowest BCUT2D eigenvalue weighted by molar-refractivity contribution is 0.103. The Bertz CT molecular complexity index is 591. The van der Waals surface area contributed by atoms with E-state index in [0.29, 0.717) is 0 Å². The van der Waals surface area contributed by atoms with Crippen LogP contribution in [-0.4, -0.2) is 5.78 Å². The minimum atomic E-state index is 0.175. The van der Waals surface area contributed by atoms with Crippen molar-refractivity contribution in [1.82, 2.24) is 0 Å². The standard InChI is InChI=1S/C15H10I2O/c16-11-5-3-9-1-2-10-4-6-12(17)8-14(10)15(18)13(9)7-11/h3-8H,1-2H2. The van der Waals surface area contributed by atoms with Crippen molar-refractivity contribution >= 4 is 51.0 Å². The van der Waals surface area contributed by atoms with E-state index in [9.17, 15) is 4.79 Å². The first-order valence-corrected chi connectivity index (χ1v) is 7.92. The van der Waals surface area contributed by atoms with E-state index in [1.807, 2.05) is 12.1 Å². The van der Waals surface area contributed by atoms with Crippen molar-refractivity contribution < 1.29 is 4.79 Å². The molecule has 0 saturated carbocycles. The molecule has 0 atom stereocenters. The molecule has 1 aliphatic carbocycles. The maximum Gasteiger partial charge on any atom is 0.193 e. The van der Waals surface area contributed by atoms with E-state index in [0.717, 1.165) is 31.1 Å². The molecular weight excluding hydrogens is 450 g/mol. The number of hydrogen-bond acceptors (Lipinski definition) is 1. The third kappa shape index (κ3) is 2.22. The van der Waals surface area contributed by atoms with E-state index < -0.39 is 0 Å². The van der Waals surface area contributed by atoms with E-state index in [2.05, 4.69) is 69.4 Å². The van der Waals surface area contributed by atoms with Crippen LogP contribution in [0.15, 0.2) is 36.4 Å². The summed E-state index contributed by atoms with van der Waals surface area (Å²) in [5.41, 5.74) is 4.10. The summed E-state index contributed by atoms with van der Waals surface area (Å²) in [6.07, 6.45) is 1.90. The van der Waals surface area contributed by atoms with Crippen molar-refractivity contribution in [3.05, 3.63) is 65.8 Å². The third-order valence-electron chi connectivity index (χ3n) is 3.30. The second kappa shape index (κ2) is 4.92. The van der Waals surface area contributed by atoms with Gasteiger partial charge in [-0.15, -0.1) is 0 Å². The number of benzene rings is 2. The van der Waals surface area contributed by atoms with Crippen LogP contribution in [0.25, 0.3) is 0 Å². The van der Waals surface area contributed by atoms with Crippen LogP contribution in [0, 0.1) is 7.14 Å². The highest BCUT2D eigenvalue weighted by Crippen LogP contribution is 2.26. The van der Waals surface area contributed by atoms with E-state index in [1.54, 1.807) is 0 Å². The molecule has 0 bridgehead atoms. The van der Waals surface area contributed by atoms with Crippen molar-refractivity contribution in [1.29, 1.82) is 0 Å². The van der Waals surface area contributed by atoms with Gasteiger partial charge < -0.3 is 0 Å². The first-order valence-electron chi connectivity index (χ1n) is 5.77. The minimum Gasteiger partial charge on any atom is -0.289 e. The fourth-order valence-electron chi connectivity index (χ4n) is 2.37. The van der Waals surface area contributed by atoms with Crippen molar-refractivity contribution in [2.75, 3.05) is 0 Å². The van der Waals surface area contributed by atoms with Crippen molar-refractivity contribution in [3.63, 3.8) is 0 Å². The van der Waals surface area contributed by atoms with Crippen molar-refractivity contribution in [2.24, 2.45) is 0 Å². The predicted octanol–water partition coefficient (Wildman–Crippen LogP) is 4.23. The number of halogens is 2. The highest BCUT2D eigenvalue weighted by molar-refractivity contribution is 14.1. The number of aryl methyl sites for hydroxylation is 2. The van der Waals surface area contributed by atoms with Crippen LogP contribution in [0.2, 0.25) is 0 Å². The Balaban J connectivity index is 2.22. The molecule has 3 heteroatoms. The molecule has 1 aliphatic rings. The van der Waals surface area contributed by atoms with Gasteiger partial charge in [0, 0.05) is 18.3 Å². The zero-order valence-electron chi connectivity index (χ0n) is 9.54. The molecule has 3 rings (SSSR count). The van der Waals surface area contributed by atoms with Gasteiger partial charge in [0.1, 0.15) is 0 Å². The summed E-state index contributed by atoms with van der Waals surface area (Å²) < 4.78 is 2.24. The Labute approximate surface area is 133 Å². The smallest absolute Gasteiger partial charge is 0.193 e. The fourth-order valence-corrected chi connectivity index (χ4v) is 3.35. The summed E-state index contributed by atoms with van der Waals surface area (Å²) in [6, 6.07) is 12.3. The first kappa shape index (κ1) is 12.6. The molecule has 0 unspecified atom stereocenters. The van der Waals surface area contributed by atoms with Crippen LogP contribution >= 0.6 is 45.2 Å². The molecule has 0 aliphatic heterocycles. The first-order chi connectivity index (χ1) is 8.65. The SMILES string of the molecule is O=C1c2cc(I)ccc2CCc2ccc(I)cc21. The van der Waals surface area contributed by atoms with E-state index >= 15 is 0 Å².